The van der Waals surface area contributed by atoms with Gasteiger partial charge in [0.05, 0.1) is 5.25 Å². The molecule has 1 rings (SSSR count). The zero-order chi connectivity index (χ0) is 14.0. The minimum absolute atomic E-state index is 0.0648. The Labute approximate surface area is 108 Å². The number of hydrogen-bond acceptors (Lipinski definition) is 5. The van der Waals surface area contributed by atoms with Crippen LogP contribution in [0.25, 0.3) is 0 Å². The molecule has 1 aliphatic heterocycles. The number of ether oxygens (including phenoxy) is 1. The van der Waals surface area contributed by atoms with Gasteiger partial charge in [-0.2, -0.15) is 0 Å². The van der Waals surface area contributed by atoms with Crippen molar-refractivity contribution in [3.05, 3.63) is 0 Å². The van der Waals surface area contributed by atoms with Gasteiger partial charge in [0.1, 0.15) is 5.60 Å². The third kappa shape index (κ3) is 4.81. The fourth-order valence-electron chi connectivity index (χ4n) is 1.74. The molecule has 2 N–H and O–H groups in total. The summed E-state index contributed by atoms with van der Waals surface area (Å²) in [6, 6.07) is 0. The second-order valence-electron chi connectivity index (χ2n) is 5.67. The van der Waals surface area contributed by atoms with Crippen LogP contribution >= 0.6 is 0 Å². The van der Waals surface area contributed by atoms with Gasteiger partial charge in [-0.1, -0.05) is 0 Å². The highest BCUT2D eigenvalue weighted by molar-refractivity contribution is 7.91. The molecule has 0 aromatic carbocycles. The molecule has 0 aromatic rings. The zero-order valence-electron chi connectivity index (χ0n) is 11.3. The van der Waals surface area contributed by atoms with E-state index >= 15 is 0 Å². The molecular weight excluding hydrogens is 256 g/mol. The fraction of sp³-hybridized carbons (Fsp3) is 0.909. The lowest BCUT2D eigenvalue weighted by atomic mass is 9.99. The van der Waals surface area contributed by atoms with Crippen molar-refractivity contribution in [1.82, 2.24) is 10.6 Å². The Morgan fingerprint density at radius 2 is 2.00 bits per heavy atom. The SMILES string of the molecule is CC(C)(C)OC(=O)NCC(C1CNC1)S(C)(=O)=O. The van der Waals surface area contributed by atoms with Gasteiger partial charge in [-0.05, 0) is 20.8 Å². The molecule has 6 nitrogen and oxygen atoms in total. The number of nitrogens with one attached hydrogen (secondary N) is 2. The zero-order valence-corrected chi connectivity index (χ0v) is 12.1. The average Bonchev–Trinajstić information content (AvgIpc) is 2.03. The van der Waals surface area contributed by atoms with Crippen molar-refractivity contribution in [1.29, 1.82) is 0 Å². The number of sulfone groups is 1. The molecule has 106 valence electrons. The van der Waals surface area contributed by atoms with Crippen molar-refractivity contribution in [2.75, 3.05) is 25.9 Å². The van der Waals surface area contributed by atoms with Crippen molar-refractivity contribution >= 4 is 15.9 Å². The fourth-order valence-corrected chi connectivity index (χ4v) is 3.02. The van der Waals surface area contributed by atoms with Crippen molar-refractivity contribution in [3.8, 4) is 0 Å². The van der Waals surface area contributed by atoms with Crippen LogP contribution < -0.4 is 10.6 Å². The van der Waals surface area contributed by atoms with Gasteiger partial charge in [-0.3, -0.25) is 0 Å². The Kier molecular flexibility index (Phi) is 4.61. The van der Waals surface area contributed by atoms with Gasteiger partial charge in [0, 0.05) is 31.8 Å². The Hall–Kier alpha value is -0.820. The van der Waals surface area contributed by atoms with Crippen LogP contribution in [0.15, 0.2) is 0 Å². The molecule has 1 fully saturated rings. The van der Waals surface area contributed by atoms with Crippen molar-refractivity contribution < 1.29 is 17.9 Å². The molecular formula is C11H22N2O4S. The first-order valence-corrected chi connectivity index (χ1v) is 7.91. The maximum Gasteiger partial charge on any atom is 0.407 e. The summed E-state index contributed by atoms with van der Waals surface area (Å²) in [5.41, 5.74) is -0.581. The van der Waals surface area contributed by atoms with Crippen LogP contribution in [-0.2, 0) is 14.6 Å². The highest BCUT2D eigenvalue weighted by atomic mass is 32.2. The molecule has 0 bridgehead atoms. The molecule has 0 aromatic heterocycles. The lowest BCUT2D eigenvalue weighted by Gasteiger charge is -2.33. The summed E-state index contributed by atoms with van der Waals surface area (Å²) < 4.78 is 28.4. The molecule has 1 amide bonds. The highest BCUT2D eigenvalue weighted by Gasteiger charge is 2.34. The van der Waals surface area contributed by atoms with Crippen LogP contribution in [0.4, 0.5) is 4.79 Å². The maximum absolute atomic E-state index is 11.6. The summed E-state index contributed by atoms with van der Waals surface area (Å²) >= 11 is 0. The molecule has 1 atom stereocenters. The number of carbonyl (C=O) groups excluding carboxylic acids is 1. The van der Waals surface area contributed by atoms with Crippen molar-refractivity contribution in [3.63, 3.8) is 0 Å². The van der Waals surface area contributed by atoms with E-state index in [1.165, 1.54) is 6.26 Å². The van der Waals surface area contributed by atoms with Crippen molar-refractivity contribution in [2.24, 2.45) is 5.92 Å². The predicted octanol–water partition coefficient (Wildman–Crippen LogP) is 0.144. The molecule has 7 heteroatoms. The molecule has 1 unspecified atom stereocenters. The predicted molar refractivity (Wildman–Crippen MR) is 69.2 cm³/mol. The van der Waals surface area contributed by atoms with Gasteiger partial charge < -0.3 is 15.4 Å². The smallest absolute Gasteiger partial charge is 0.407 e. The van der Waals surface area contributed by atoms with Gasteiger partial charge in [0.25, 0.3) is 0 Å². The number of carbonyl (C=O) groups is 1. The summed E-state index contributed by atoms with van der Waals surface area (Å²) in [4.78, 5) is 11.5. The molecule has 0 spiro atoms. The van der Waals surface area contributed by atoms with E-state index in [0.717, 1.165) is 0 Å². The quantitative estimate of drug-likeness (QED) is 0.764. The molecule has 1 saturated heterocycles. The second-order valence-corrected chi connectivity index (χ2v) is 7.93. The molecule has 0 radical (unpaired) electrons. The van der Waals surface area contributed by atoms with E-state index < -0.39 is 26.8 Å². The number of rotatable bonds is 4. The normalized spacial score (nSPS) is 18.9. The summed E-state index contributed by atoms with van der Waals surface area (Å²) in [5.74, 6) is 0.0648. The maximum atomic E-state index is 11.6. The number of amides is 1. The lowest BCUT2D eigenvalue weighted by molar-refractivity contribution is 0.0524. The largest absolute Gasteiger partial charge is 0.444 e. The monoisotopic (exact) mass is 278 g/mol. The lowest BCUT2D eigenvalue weighted by Crippen LogP contribution is -2.54. The van der Waals surface area contributed by atoms with Gasteiger partial charge in [0.15, 0.2) is 9.84 Å². The minimum Gasteiger partial charge on any atom is -0.444 e. The van der Waals surface area contributed by atoms with Gasteiger partial charge >= 0.3 is 6.09 Å². The van der Waals surface area contributed by atoms with Crippen molar-refractivity contribution in [2.45, 2.75) is 31.6 Å². The van der Waals surface area contributed by atoms with Gasteiger partial charge in [0.2, 0.25) is 0 Å². The highest BCUT2D eigenvalue weighted by Crippen LogP contribution is 2.16. The van der Waals surface area contributed by atoms with E-state index in [-0.39, 0.29) is 12.5 Å². The topological polar surface area (TPSA) is 84.5 Å². The number of alkyl carbamates (subject to hydrolysis) is 1. The van der Waals surface area contributed by atoms with E-state index in [1.54, 1.807) is 20.8 Å². The van der Waals surface area contributed by atoms with E-state index in [0.29, 0.717) is 13.1 Å². The summed E-state index contributed by atoms with van der Waals surface area (Å²) in [7, 11) is -3.17. The van der Waals surface area contributed by atoms with Crippen LogP contribution in [0.3, 0.4) is 0 Å². The van der Waals surface area contributed by atoms with Crippen LogP contribution in [-0.4, -0.2) is 51.3 Å². The second kappa shape index (κ2) is 5.44. The van der Waals surface area contributed by atoms with Crippen LogP contribution in [0, 0.1) is 5.92 Å². The molecule has 18 heavy (non-hydrogen) atoms. The molecule has 0 saturated carbocycles. The minimum atomic E-state index is -3.17. The molecule has 1 aliphatic rings. The first-order valence-electron chi connectivity index (χ1n) is 5.96. The standard InChI is InChI=1S/C11H22N2O4S/c1-11(2,3)17-10(14)13-7-9(18(4,15)16)8-5-12-6-8/h8-9,12H,5-7H2,1-4H3,(H,13,14). The molecule has 0 aliphatic carbocycles. The number of hydrogen-bond donors (Lipinski definition) is 2. The Bertz CT molecular complexity index is 396. The Morgan fingerprint density at radius 3 is 2.33 bits per heavy atom. The van der Waals surface area contributed by atoms with Gasteiger partial charge in [-0.25, -0.2) is 13.2 Å². The third-order valence-corrected chi connectivity index (χ3v) is 4.39. The van der Waals surface area contributed by atoms with Crippen LogP contribution in [0.2, 0.25) is 0 Å². The first-order chi connectivity index (χ1) is 8.09. The van der Waals surface area contributed by atoms with Gasteiger partial charge in [-0.15, -0.1) is 0 Å². The Morgan fingerprint density at radius 1 is 1.44 bits per heavy atom. The van der Waals surface area contributed by atoms with E-state index in [9.17, 15) is 13.2 Å². The van der Waals surface area contributed by atoms with E-state index in [2.05, 4.69) is 10.6 Å². The summed E-state index contributed by atoms with van der Waals surface area (Å²) in [5, 5.41) is 5.01. The average molecular weight is 278 g/mol. The van der Waals surface area contributed by atoms with E-state index in [4.69, 9.17) is 4.74 Å². The van der Waals surface area contributed by atoms with E-state index in [1.807, 2.05) is 0 Å². The summed E-state index contributed by atoms with van der Waals surface area (Å²) in [6.07, 6.45) is 0.621. The van der Waals surface area contributed by atoms with Crippen LogP contribution in [0.1, 0.15) is 20.8 Å². The Balaban J connectivity index is 2.50. The van der Waals surface area contributed by atoms with Crippen LogP contribution in [0.5, 0.6) is 0 Å². The third-order valence-electron chi connectivity index (χ3n) is 2.74. The summed E-state index contributed by atoms with van der Waals surface area (Å²) in [6.45, 7) is 6.73. The molecule has 1 heterocycles. The first kappa shape index (κ1) is 15.2.